The van der Waals surface area contributed by atoms with E-state index < -0.39 is 0 Å². The first kappa shape index (κ1) is 20.0. The zero-order valence-corrected chi connectivity index (χ0v) is 15.3. The fourth-order valence-corrected chi connectivity index (χ4v) is 3.00. The van der Waals surface area contributed by atoms with Crippen molar-refractivity contribution in [3.8, 4) is 0 Å². The van der Waals surface area contributed by atoms with E-state index in [-0.39, 0.29) is 0 Å². The zero-order chi connectivity index (χ0) is 16.3. The summed E-state index contributed by atoms with van der Waals surface area (Å²) in [4.78, 5) is 0. The summed E-state index contributed by atoms with van der Waals surface area (Å²) in [7, 11) is 0. The van der Waals surface area contributed by atoms with Gasteiger partial charge in [-0.3, -0.25) is 0 Å². The van der Waals surface area contributed by atoms with E-state index in [0.29, 0.717) is 0 Å². The van der Waals surface area contributed by atoms with Crippen molar-refractivity contribution in [3.05, 3.63) is 47.1 Å². The summed E-state index contributed by atoms with van der Waals surface area (Å²) in [6.07, 6.45) is 14.2. The predicted octanol–water partition coefficient (Wildman–Crippen LogP) is 7.40. The van der Waals surface area contributed by atoms with Crippen LogP contribution in [0.5, 0.6) is 0 Å². The van der Waals surface area contributed by atoms with Crippen LogP contribution in [0.15, 0.2) is 47.1 Å². The van der Waals surface area contributed by atoms with Crippen LogP contribution in [0.4, 0.5) is 0 Å². The third-order valence-corrected chi connectivity index (χ3v) is 4.50. The maximum absolute atomic E-state index is 3.82. The Morgan fingerprint density at radius 3 is 1.90 bits per heavy atom. The summed E-state index contributed by atoms with van der Waals surface area (Å²) in [5.41, 5.74) is 5.74. The number of hydrogen-bond acceptors (Lipinski definition) is 0. The molecule has 0 rings (SSSR count). The molecule has 0 nitrogen and oxygen atoms in total. The summed E-state index contributed by atoms with van der Waals surface area (Å²) in [6.45, 7) is 17.3. The SMILES string of the molecule is C=C\C=C(C)/C(=C\C)C(/C)=C(/C)C(CCCC)CCCC. The van der Waals surface area contributed by atoms with Crippen molar-refractivity contribution in [2.75, 3.05) is 0 Å². The Morgan fingerprint density at radius 1 is 1.00 bits per heavy atom. The molecule has 0 heteroatoms. The van der Waals surface area contributed by atoms with Gasteiger partial charge in [0.25, 0.3) is 0 Å². The molecule has 0 aromatic heterocycles. The van der Waals surface area contributed by atoms with Gasteiger partial charge >= 0.3 is 0 Å². The van der Waals surface area contributed by atoms with Crippen molar-refractivity contribution < 1.29 is 0 Å². The molecule has 0 saturated carbocycles. The van der Waals surface area contributed by atoms with Gasteiger partial charge in [0.1, 0.15) is 0 Å². The highest BCUT2D eigenvalue weighted by Crippen LogP contribution is 2.31. The van der Waals surface area contributed by atoms with E-state index >= 15 is 0 Å². The number of allylic oxidation sites excluding steroid dienone is 7. The van der Waals surface area contributed by atoms with Crippen LogP contribution in [-0.4, -0.2) is 0 Å². The molecule has 0 fully saturated rings. The van der Waals surface area contributed by atoms with E-state index in [1.54, 1.807) is 5.57 Å². The van der Waals surface area contributed by atoms with Gasteiger partial charge in [-0.05, 0) is 63.2 Å². The molecule has 0 aliphatic carbocycles. The molecule has 0 radical (unpaired) electrons. The molecule has 0 aliphatic rings. The van der Waals surface area contributed by atoms with Gasteiger partial charge in [0.05, 0.1) is 0 Å². The van der Waals surface area contributed by atoms with Gasteiger partial charge in [0.2, 0.25) is 0 Å². The Labute approximate surface area is 133 Å². The van der Waals surface area contributed by atoms with E-state index in [0.717, 1.165) is 5.92 Å². The highest BCUT2D eigenvalue weighted by atomic mass is 14.2. The topological polar surface area (TPSA) is 0 Å². The molecular formula is C21H36. The molecule has 0 aliphatic heterocycles. The Hall–Kier alpha value is -1.04. The van der Waals surface area contributed by atoms with Gasteiger partial charge in [0, 0.05) is 0 Å². The standard InChI is InChI=1S/C21H36/c1-8-12-15-20(16-13-9-2)18(6)19(7)21(11-4)17(5)14-10-3/h10-11,14,20H,3,8-9,12-13,15-16H2,1-2,4-7H3/b17-14-,19-18-,21-11+. The zero-order valence-electron chi connectivity index (χ0n) is 15.3. The van der Waals surface area contributed by atoms with Gasteiger partial charge in [-0.2, -0.15) is 0 Å². The van der Waals surface area contributed by atoms with Crippen molar-refractivity contribution in [2.45, 2.75) is 80.1 Å². The second-order valence-electron chi connectivity index (χ2n) is 6.08. The fourth-order valence-electron chi connectivity index (χ4n) is 3.00. The maximum atomic E-state index is 3.82. The van der Waals surface area contributed by atoms with Gasteiger partial charge in [-0.25, -0.2) is 0 Å². The molecule has 0 unspecified atom stereocenters. The molecule has 0 bridgehead atoms. The molecule has 0 aromatic carbocycles. The summed E-state index contributed by atoms with van der Waals surface area (Å²) in [5, 5.41) is 0. The van der Waals surface area contributed by atoms with Crippen LogP contribution in [0, 0.1) is 5.92 Å². The average Bonchev–Trinajstić information content (AvgIpc) is 2.47. The second kappa shape index (κ2) is 11.6. The van der Waals surface area contributed by atoms with Gasteiger partial charge < -0.3 is 0 Å². The fraction of sp³-hybridized carbons (Fsp3) is 0.619. The van der Waals surface area contributed by atoms with Crippen LogP contribution in [-0.2, 0) is 0 Å². The minimum absolute atomic E-state index is 0.747. The molecule has 0 saturated heterocycles. The smallest absolute Gasteiger partial charge is 0.0200 e. The first-order valence-corrected chi connectivity index (χ1v) is 8.67. The van der Waals surface area contributed by atoms with Crippen LogP contribution in [0.25, 0.3) is 0 Å². The first-order valence-electron chi connectivity index (χ1n) is 8.67. The maximum Gasteiger partial charge on any atom is -0.0200 e. The Morgan fingerprint density at radius 2 is 1.52 bits per heavy atom. The minimum atomic E-state index is 0.747. The number of unbranched alkanes of at least 4 members (excludes halogenated alkanes) is 2. The van der Waals surface area contributed by atoms with Gasteiger partial charge in [-0.1, -0.05) is 69.9 Å². The lowest BCUT2D eigenvalue weighted by atomic mass is 9.84. The predicted molar refractivity (Wildman–Crippen MR) is 98.6 cm³/mol. The summed E-state index contributed by atoms with van der Waals surface area (Å²) >= 11 is 0. The highest BCUT2D eigenvalue weighted by Gasteiger charge is 2.14. The van der Waals surface area contributed by atoms with Crippen LogP contribution in [0.2, 0.25) is 0 Å². The lowest BCUT2D eigenvalue weighted by Crippen LogP contribution is -2.06. The first-order chi connectivity index (χ1) is 10.0. The summed E-state index contributed by atoms with van der Waals surface area (Å²) < 4.78 is 0. The quantitative estimate of drug-likeness (QED) is 0.367. The van der Waals surface area contributed by atoms with Crippen molar-refractivity contribution in [1.29, 1.82) is 0 Å². The van der Waals surface area contributed by atoms with Crippen LogP contribution >= 0.6 is 0 Å². The largest absolute Gasteiger partial charge is 0.0991 e. The van der Waals surface area contributed by atoms with Gasteiger partial charge in [-0.15, -0.1) is 0 Å². The lowest BCUT2D eigenvalue weighted by molar-refractivity contribution is 0.473. The average molecular weight is 289 g/mol. The molecule has 0 N–H and O–H groups in total. The van der Waals surface area contributed by atoms with Crippen molar-refractivity contribution in [3.63, 3.8) is 0 Å². The minimum Gasteiger partial charge on any atom is -0.0991 e. The van der Waals surface area contributed by atoms with Crippen LogP contribution in [0.1, 0.15) is 80.1 Å². The number of hydrogen-bond donors (Lipinski definition) is 0. The summed E-state index contributed by atoms with van der Waals surface area (Å²) in [6, 6.07) is 0. The highest BCUT2D eigenvalue weighted by molar-refractivity contribution is 5.47. The lowest BCUT2D eigenvalue weighted by Gasteiger charge is -2.22. The number of rotatable bonds is 10. The molecule has 0 spiro atoms. The van der Waals surface area contributed by atoms with Crippen molar-refractivity contribution in [2.24, 2.45) is 5.92 Å². The van der Waals surface area contributed by atoms with E-state index in [1.165, 1.54) is 55.2 Å². The van der Waals surface area contributed by atoms with Crippen molar-refractivity contribution >= 4 is 0 Å². The molecule has 21 heavy (non-hydrogen) atoms. The Balaban J connectivity index is 5.34. The molecule has 0 heterocycles. The second-order valence-corrected chi connectivity index (χ2v) is 6.08. The molecular weight excluding hydrogens is 252 g/mol. The van der Waals surface area contributed by atoms with Crippen molar-refractivity contribution in [1.82, 2.24) is 0 Å². The molecule has 0 amide bonds. The molecule has 0 aromatic rings. The van der Waals surface area contributed by atoms with E-state index in [4.69, 9.17) is 0 Å². The van der Waals surface area contributed by atoms with E-state index in [1.807, 2.05) is 6.08 Å². The Bertz CT molecular complexity index is 382. The summed E-state index contributed by atoms with van der Waals surface area (Å²) in [5.74, 6) is 0.747. The third kappa shape index (κ3) is 6.98. The van der Waals surface area contributed by atoms with Crippen LogP contribution in [0.3, 0.4) is 0 Å². The normalized spacial score (nSPS) is 14.4. The van der Waals surface area contributed by atoms with Crippen LogP contribution < -0.4 is 0 Å². The van der Waals surface area contributed by atoms with E-state index in [2.05, 4.69) is 60.3 Å². The molecule has 120 valence electrons. The molecule has 0 atom stereocenters. The Kier molecular flexibility index (Phi) is 11.0. The van der Waals surface area contributed by atoms with Gasteiger partial charge in [0.15, 0.2) is 0 Å². The monoisotopic (exact) mass is 288 g/mol. The van der Waals surface area contributed by atoms with E-state index in [9.17, 15) is 0 Å². The third-order valence-electron chi connectivity index (χ3n) is 4.50.